The molecule has 0 unspecified atom stereocenters. The Morgan fingerprint density at radius 1 is 1.20 bits per heavy atom. The van der Waals surface area contributed by atoms with E-state index >= 15 is 0 Å². The summed E-state index contributed by atoms with van der Waals surface area (Å²) < 4.78 is 23.7. The Balaban J connectivity index is 4.28. The van der Waals surface area contributed by atoms with Crippen molar-refractivity contribution >= 4 is 28.0 Å². The molecule has 0 saturated heterocycles. The molecule has 1 atom stereocenters. The van der Waals surface area contributed by atoms with Crippen LogP contribution >= 0.6 is 0 Å². The zero-order chi connectivity index (χ0) is 15.9. The Bertz CT molecular complexity index is 474. The molecule has 0 radical (unpaired) electrons. The van der Waals surface area contributed by atoms with Gasteiger partial charge < -0.3 is 20.8 Å². The maximum atomic E-state index is 11.4. The third-order valence-corrected chi connectivity index (χ3v) is 4.02. The summed E-state index contributed by atoms with van der Waals surface area (Å²) in [4.78, 5) is 32.4. The molecule has 0 aliphatic rings. The lowest BCUT2D eigenvalue weighted by Gasteiger charge is -2.14. The summed E-state index contributed by atoms with van der Waals surface area (Å²) in [5.74, 6) is -3.24. The van der Waals surface area contributed by atoms with E-state index in [-0.39, 0.29) is 12.3 Å². The molecule has 0 aromatic carbocycles. The summed E-state index contributed by atoms with van der Waals surface area (Å²) in [7, 11) is -0.805. The summed E-state index contributed by atoms with van der Waals surface area (Å²) in [6, 6.07) is -2.54. The zero-order valence-electron chi connectivity index (χ0n) is 11.0. The van der Waals surface area contributed by atoms with Gasteiger partial charge in [-0.25, -0.2) is 22.3 Å². The van der Waals surface area contributed by atoms with Crippen LogP contribution in [0.4, 0.5) is 4.79 Å². The number of hydrogen-bond acceptors (Lipinski definition) is 5. The van der Waals surface area contributed by atoms with E-state index in [2.05, 4.69) is 5.32 Å². The van der Waals surface area contributed by atoms with Crippen molar-refractivity contribution in [2.75, 3.05) is 26.4 Å². The van der Waals surface area contributed by atoms with Crippen molar-refractivity contribution in [3.63, 3.8) is 0 Å². The van der Waals surface area contributed by atoms with Gasteiger partial charge in [-0.15, -0.1) is 0 Å². The highest BCUT2D eigenvalue weighted by Crippen LogP contribution is 1.94. The first-order valence-corrected chi connectivity index (χ1v) is 7.06. The second-order valence-electron chi connectivity index (χ2n) is 3.99. The fraction of sp³-hybridized carbons (Fsp3) is 0.667. The van der Waals surface area contributed by atoms with Gasteiger partial charge in [-0.05, 0) is 0 Å². The first kappa shape index (κ1) is 18.1. The second kappa shape index (κ2) is 7.65. The monoisotopic (exact) mass is 311 g/mol. The summed E-state index contributed by atoms with van der Waals surface area (Å²) in [5, 5.41) is 21.2. The molecule has 11 heteroatoms. The van der Waals surface area contributed by atoms with Crippen LogP contribution in [-0.2, 0) is 19.6 Å². The minimum Gasteiger partial charge on any atom is -0.481 e. The number of carbonyl (C=O) groups is 3. The zero-order valence-corrected chi connectivity index (χ0v) is 11.8. The molecule has 0 spiro atoms. The number of rotatable bonds is 8. The number of sulfonamides is 1. The molecule has 2 amide bonds. The van der Waals surface area contributed by atoms with Crippen LogP contribution in [0.5, 0.6) is 0 Å². The lowest BCUT2D eigenvalue weighted by Crippen LogP contribution is -2.48. The highest BCUT2D eigenvalue weighted by molar-refractivity contribution is 7.89. The van der Waals surface area contributed by atoms with Gasteiger partial charge >= 0.3 is 18.0 Å². The van der Waals surface area contributed by atoms with Crippen molar-refractivity contribution in [2.45, 2.75) is 12.5 Å². The Kier molecular flexibility index (Phi) is 6.93. The van der Waals surface area contributed by atoms with Crippen LogP contribution in [-0.4, -0.2) is 73.3 Å². The van der Waals surface area contributed by atoms with Crippen LogP contribution in [0.15, 0.2) is 0 Å². The quantitative estimate of drug-likeness (QED) is 0.408. The molecule has 0 heterocycles. The average Bonchev–Trinajstić information content (AvgIpc) is 2.26. The number of aliphatic carboxylic acids is 2. The molecule has 10 nitrogen and oxygen atoms in total. The molecule has 0 fully saturated rings. The van der Waals surface area contributed by atoms with E-state index in [1.165, 1.54) is 14.1 Å². The van der Waals surface area contributed by atoms with Gasteiger partial charge in [-0.1, -0.05) is 0 Å². The van der Waals surface area contributed by atoms with Crippen LogP contribution in [0, 0.1) is 0 Å². The molecule has 0 aromatic rings. The van der Waals surface area contributed by atoms with E-state index in [0.717, 1.165) is 4.31 Å². The van der Waals surface area contributed by atoms with E-state index < -0.39 is 40.5 Å². The molecule has 0 rings (SSSR count). The van der Waals surface area contributed by atoms with E-state index in [1.54, 1.807) is 0 Å². The minimum absolute atomic E-state index is 0.230. The number of amides is 2. The molecule has 0 aromatic heterocycles. The van der Waals surface area contributed by atoms with E-state index in [0.29, 0.717) is 0 Å². The Hall–Kier alpha value is -1.88. The number of urea groups is 1. The maximum Gasteiger partial charge on any atom is 0.326 e. The molecule has 20 heavy (non-hydrogen) atoms. The molecular formula is C9H17N3O7S. The largest absolute Gasteiger partial charge is 0.481 e. The van der Waals surface area contributed by atoms with Gasteiger partial charge in [-0.2, -0.15) is 0 Å². The molecule has 0 saturated carbocycles. The Morgan fingerprint density at radius 2 is 1.75 bits per heavy atom. The SMILES string of the molecule is CN(C)S(=O)(=O)CCNC(=O)N[C@@H](CC(=O)O)C(=O)O. The van der Waals surface area contributed by atoms with Crippen LogP contribution < -0.4 is 10.6 Å². The highest BCUT2D eigenvalue weighted by Gasteiger charge is 2.23. The van der Waals surface area contributed by atoms with Crippen molar-refractivity contribution in [3.05, 3.63) is 0 Å². The highest BCUT2D eigenvalue weighted by atomic mass is 32.2. The summed E-state index contributed by atoms with van der Waals surface area (Å²) in [6.45, 7) is -0.230. The van der Waals surface area contributed by atoms with Crippen LogP contribution in [0.3, 0.4) is 0 Å². The molecule has 0 bridgehead atoms. The van der Waals surface area contributed by atoms with Gasteiger partial charge in [0.25, 0.3) is 0 Å². The predicted molar refractivity (Wildman–Crippen MR) is 67.7 cm³/mol. The van der Waals surface area contributed by atoms with Gasteiger partial charge in [-0.3, -0.25) is 4.79 Å². The predicted octanol–water partition coefficient (Wildman–Crippen LogP) is -1.90. The number of nitrogens with one attached hydrogen (secondary N) is 2. The average molecular weight is 311 g/mol. The van der Waals surface area contributed by atoms with Gasteiger partial charge in [0.15, 0.2) is 0 Å². The van der Waals surface area contributed by atoms with Crippen LogP contribution in [0.1, 0.15) is 6.42 Å². The Labute approximate surface area is 115 Å². The number of carbonyl (C=O) groups excluding carboxylic acids is 1. The smallest absolute Gasteiger partial charge is 0.326 e. The number of nitrogens with zero attached hydrogens (tertiary/aromatic N) is 1. The fourth-order valence-electron chi connectivity index (χ4n) is 1.06. The second-order valence-corrected chi connectivity index (χ2v) is 6.29. The van der Waals surface area contributed by atoms with E-state index in [4.69, 9.17) is 10.2 Å². The van der Waals surface area contributed by atoms with E-state index in [1.807, 2.05) is 5.32 Å². The third-order valence-electron chi connectivity index (χ3n) is 2.18. The van der Waals surface area contributed by atoms with Gasteiger partial charge in [0.2, 0.25) is 10.0 Å². The van der Waals surface area contributed by atoms with Crippen molar-refractivity contribution in [1.29, 1.82) is 0 Å². The lowest BCUT2D eigenvalue weighted by atomic mass is 10.2. The van der Waals surface area contributed by atoms with Crippen LogP contribution in [0.2, 0.25) is 0 Å². The number of carboxylic acids is 2. The van der Waals surface area contributed by atoms with Gasteiger partial charge in [0.1, 0.15) is 6.04 Å². The topological polar surface area (TPSA) is 153 Å². The maximum absolute atomic E-state index is 11.4. The van der Waals surface area contributed by atoms with E-state index in [9.17, 15) is 22.8 Å². The van der Waals surface area contributed by atoms with Crippen molar-refractivity contribution in [3.8, 4) is 0 Å². The lowest BCUT2D eigenvalue weighted by molar-refractivity contribution is -0.145. The summed E-state index contributed by atoms with van der Waals surface area (Å²) in [6.07, 6.45) is -0.779. The molecular weight excluding hydrogens is 294 g/mol. The molecule has 116 valence electrons. The van der Waals surface area contributed by atoms with Crippen molar-refractivity contribution in [1.82, 2.24) is 14.9 Å². The van der Waals surface area contributed by atoms with Crippen molar-refractivity contribution < 1.29 is 33.0 Å². The molecule has 0 aliphatic heterocycles. The number of carboxylic acid groups (broad SMARTS) is 2. The summed E-state index contributed by atoms with van der Waals surface area (Å²) >= 11 is 0. The van der Waals surface area contributed by atoms with Crippen LogP contribution in [0.25, 0.3) is 0 Å². The first-order valence-electron chi connectivity index (χ1n) is 5.45. The molecule has 0 aliphatic carbocycles. The van der Waals surface area contributed by atoms with Gasteiger partial charge in [0.05, 0.1) is 12.2 Å². The normalized spacial score (nSPS) is 12.8. The van der Waals surface area contributed by atoms with Crippen molar-refractivity contribution in [2.24, 2.45) is 0 Å². The standard InChI is InChI=1S/C9H17N3O7S/c1-12(2)20(18,19)4-3-10-9(17)11-6(8(15)16)5-7(13)14/h6H,3-5H2,1-2H3,(H,13,14)(H,15,16)(H2,10,11,17)/t6-/m0/s1. The minimum atomic E-state index is -3.48. The first-order chi connectivity index (χ1) is 9.06. The Morgan fingerprint density at radius 3 is 2.15 bits per heavy atom. The fourth-order valence-corrected chi connectivity index (χ4v) is 1.79. The molecule has 4 N–H and O–H groups in total. The summed E-state index contributed by atoms with van der Waals surface area (Å²) in [5.41, 5.74) is 0. The van der Waals surface area contributed by atoms with Gasteiger partial charge in [0, 0.05) is 20.6 Å². The third kappa shape index (κ3) is 6.89. The number of hydrogen-bond donors (Lipinski definition) is 4.